The van der Waals surface area contributed by atoms with E-state index >= 15 is 0 Å². The Labute approximate surface area is 102 Å². The zero-order valence-corrected chi connectivity index (χ0v) is 10.5. The van der Waals surface area contributed by atoms with Crippen LogP contribution >= 0.6 is 11.6 Å². The number of rotatable bonds is 3. The van der Waals surface area contributed by atoms with Gasteiger partial charge in [0.25, 0.3) is 0 Å². The lowest BCUT2D eigenvalue weighted by atomic mass is 10.1. The van der Waals surface area contributed by atoms with Gasteiger partial charge in [0.1, 0.15) is 5.60 Å². The molecule has 0 spiro atoms. The highest BCUT2D eigenvalue weighted by atomic mass is 35.5. The predicted molar refractivity (Wildman–Crippen MR) is 65.3 cm³/mol. The molecule has 0 aliphatic rings. The minimum absolute atomic E-state index is 0.220. The van der Waals surface area contributed by atoms with E-state index in [1.807, 2.05) is 39.3 Å². The summed E-state index contributed by atoms with van der Waals surface area (Å²) in [6, 6.07) is 7.32. The van der Waals surface area contributed by atoms with Crippen LogP contribution in [0.1, 0.15) is 32.8 Å². The molecule has 0 aliphatic carbocycles. The summed E-state index contributed by atoms with van der Waals surface area (Å²) in [4.78, 5) is 11.4. The summed E-state index contributed by atoms with van der Waals surface area (Å²) in [6.07, 6.45) is 2.10. The first-order chi connectivity index (χ1) is 7.37. The van der Waals surface area contributed by atoms with Crippen molar-refractivity contribution in [2.24, 2.45) is 0 Å². The number of carbonyl (C=O) groups is 1. The van der Waals surface area contributed by atoms with Crippen LogP contribution in [0.3, 0.4) is 0 Å². The van der Waals surface area contributed by atoms with Gasteiger partial charge in [-0.15, -0.1) is 0 Å². The third-order valence-corrected chi connectivity index (χ3v) is 2.05. The summed E-state index contributed by atoms with van der Waals surface area (Å²) in [5.41, 5.74) is 0.542. The summed E-state index contributed by atoms with van der Waals surface area (Å²) >= 11 is 5.76. The van der Waals surface area contributed by atoms with Crippen molar-refractivity contribution < 1.29 is 9.53 Å². The fourth-order valence-electron chi connectivity index (χ4n) is 1.18. The lowest BCUT2D eigenvalue weighted by Gasteiger charge is -2.19. The Kier molecular flexibility index (Phi) is 4.36. The number of hydrogen-bond donors (Lipinski definition) is 0. The number of ether oxygens (including phenoxy) is 1. The zero-order chi connectivity index (χ0) is 12.2. The number of carbonyl (C=O) groups excluding carboxylic acids is 1. The molecular weight excluding hydrogens is 224 g/mol. The van der Waals surface area contributed by atoms with Crippen molar-refractivity contribution in [1.82, 2.24) is 0 Å². The van der Waals surface area contributed by atoms with E-state index < -0.39 is 5.60 Å². The number of esters is 1. The molecule has 0 bridgehead atoms. The largest absolute Gasteiger partial charge is 0.460 e. The summed E-state index contributed by atoms with van der Waals surface area (Å²) in [5, 5.41) is 0.689. The number of hydrogen-bond acceptors (Lipinski definition) is 2. The summed E-state index contributed by atoms with van der Waals surface area (Å²) in [6.45, 7) is 5.56. The second-order valence-electron chi connectivity index (χ2n) is 4.55. The zero-order valence-electron chi connectivity index (χ0n) is 9.79. The van der Waals surface area contributed by atoms with Gasteiger partial charge in [-0.2, -0.15) is 0 Å². The maximum atomic E-state index is 11.4. The van der Waals surface area contributed by atoms with Gasteiger partial charge in [-0.25, -0.2) is 0 Å². The van der Waals surface area contributed by atoms with E-state index in [9.17, 15) is 4.79 Å². The summed E-state index contributed by atoms with van der Waals surface area (Å²) < 4.78 is 5.19. The average molecular weight is 240 g/mol. The topological polar surface area (TPSA) is 26.3 Å². The maximum absolute atomic E-state index is 11.4. The van der Waals surface area contributed by atoms with Gasteiger partial charge in [0, 0.05) is 11.4 Å². The molecule has 3 heteroatoms. The van der Waals surface area contributed by atoms with Crippen LogP contribution in [0.2, 0.25) is 5.02 Å². The Morgan fingerprint density at radius 2 is 1.88 bits per heavy atom. The van der Waals surface area contributed by atoms with Gasteiger partial charge >= 0.3 is 5.97 Å². The molecule has 0 heterocycles. The Morgan fingerprint density at radius 1 is 1.31 bits per heavy atom. The van der Waals surface area contributed by atoms with Gasteiger partial charge in [-0.05, 0) is 38.5 Å². The fraction of sp³-hybridized carbons (Fsp3) is 0.385. The van der Waals surface area contributed by atoms with Crippen LogP contribution in [-0.4, -0.2) is 11.6 Å². The van der Waals surface area contributed by atoms with Gasteiger partial charge < -0.3 is 4.74 Å². The molecule has 16 heavy (non-hydrogen) atoms. The van der Waals surface area contributed by atoms with E-state index in [0.29, 0.717) is 5.02 Å². The predicted octanol–water partition coefficient (Wildman–Crippen LogP) is 3.62. The minimum atomic E-state index is -0.426. The highest BCUT2D eigenvalue weighted by molar-refractivity contribution is 6.30. The van der Waals surface area contributed by atoms with E-state index in [4.69, 9.17) is 16.3 Å². The van der Waals surface area contributed by atoms with E-state index in [0.717, 1.165) is 5.56 Å². The SMILES string of the molecule is CC(C)(C)OC(=O)C[CH]c1ccc(Cl)cc1. The molecule has 0 amide bonds. The number of halogens is 1. The molecule has 0 fully saturated rings. The van der Waals surface area contributed by atoms with Gasteiger partial charge in [-0.1, -0.05) is 23.7 Å². The molecule has 0 saturated heterocycles. The van der Waals surface area contributed by atoms with Crippen molar-refractivity contribution >= 4 is 17.6 Å². The molecular formula is C13H16ClO2. The normalized spacial score (nSPS) is 11.2. The lowest BCUT2D eigenvalue weighted by molar-refractivity contribution is -0.153. The van der Waals surface area contributed by atoms with E-state index in [-0.39, 0.29) is 12.4 Å². The Morgan fingerprint density at radius 3 is 2.38 bits per heavy atom. The third kappa shape index (κ3) is 5.17. The second kappa shape index (κ2) is 5.35. The minimum Gasteiger partial charge on any atom is -0.460 e. The lowest BCUT2D eigenvalue weighted by Crippen LogP contribution is -2.23. The van der Waals surface area contributed by atoms with Gasteiger partial charge in [0.15, 0.2) is 0 Å². The van der Waals surface area contributed by atoms with Crippen molar-refractivity contribution in [2.75, 3.05) is 0 Å². The summed E-state index contributed by atoms with van der Waals surface area (Å²) in [5.74, 6) is -0.220. The first-order valence-electron chi connectivity index (χ1n) is 5.17. The molecule has 0 atom stereocenters. The molecule has 1 radical (unpaired) electrons. The monoisotopic (exact) mass is 239 g/mol. The highest BCUT2D eigenvalue weighted by Gasteiger charge is 2.15. The van der Waals surface area contributed by atoms with Crippen LogP contribution in [0.5, 0.6) is 0 Å². The Balaban J connectivity index is 2.40. The molecule has 1 aromatic rings. The molecule has 0 unspecified atom stereocenters. The van der Waals surface area contributed by atoms with E-state index in [2.05, 4.69) is 0 Å². The first kappa shape index (κ1) is 13.0. The molecule has 0 aromatic heterocycles. The van der Waals surface area contributed by atoms with Crippen LogP contribution in [0, 0.1) is 6.42 Å². The maximum Gasteiger partial charge on any atom is 0.306 e. The van der Waals surface area contributed by atoms with Crippen molar-refractivity contribution in [3.8, 4) is 0 Å². The Hall–Kier alpha value is -1.02. The second-order valence-corrected chi connectivity index (χ2v) is 4.98. The summed E-state index contributed by atoms with van der Waals surface area (Å²) in [7, 11) is 0. The fourth-order valence-corrected chi connectivity index (χ4v) is 1.31. The third-order valence-electron chi connectivity index (χ3n) is 1.79. The van der Waals surface area contributed by atoms with Crippen LogP contribution in [0.15, 0.2) is 24.3 Å². The van der Waals surface area contributed by atoms with Gasteiger partial charge in [0.2, 0.25) is 0 Å². The number of benzene rings is 1. The standard InChI is InChI=1S/C13H16ClO2/c1-13(2,3)16-12(15)9-6-10-4-7-11(14)8-5-10/h4-8H,9H2,1-3H3. The van der Waals surface area contributed by atoms with Crippen LogP contribution in [0.4, 0.5) is 0 Å². The molecule has 0 saturated carbocycles. The smallest absolute Gasteiger partial charge is 0.306 e. The van der Waals surface area contributed by atoms with E-state index in [1.165, 1.54) is 0 Å². The van der Waals surface area contributed by atoms with Crippen molar-refractivity contribution in [1.29, 1.82) is 0 Å². The Bertz CT molecular complexity index is 349. The van der Waals surface area contributed by atoms with Gasteiger partial charge in [0.05, 0.1) is 6.42 Å². The van der Waals surface area contributed by atoms with Crippen molar-refractivity contribution in [2.45, 2.75) is 32.8 Å². The molecule has 0 N–H and O–H groups in total. The highest BCUT2D eigenvalue weighted by Crippen LogP contribution is 2.14. The van der Waals surface area contributed by atoms with Crippen LogP contribution in [0.25, 0.3) is 0 Å². The van der Waals surface area contributed by atoms with Crippen LogP contribution < -0.4 is 0 Å². The quantitative estimate of drug-likeness (QED) is 0.753. The van der Waals surface area contributed by atoms with Crippen LogP contribution in [-0.2, 0) is 9.53 Å². The molecule has 2 nitrogen and oxygen atoms in total. The molecule has 0 aliphatic heterocycles. The van der Waals surface area contributed by atoms with Gasteiger partial charge in [-0.3, -0.25) is 4.79 Å². The molecule has 87 valence electrons. The molecule has 1 aromatic carbocycles. The average Bonchev–Trinajstić information content (AvgIpc) is 2.14. The first-order valence-corrected chi connectivity index (χ1v) is 5.55. The molecule has 1 rings (SSSR count). The van der Waals surface area contributed by atoms with Crippen molar-refractivity contribution in [3.63, 3.8) is 0 Å². The van der Waals surface area contributed by atoms with Crippen molar-refractivity contribution in [3.05, 3.63) is 41.3 Å². The van der Waals surface area contributed by atoms with E-state index in [1.54, 1.807) is 12.1 Å².